The Morgan fingerprint density at radius 3 is 2.04 bits per heavy atom. The van der Waals surface area contributed by atoms with Gasteiger partial charge in [-0.15, -0.1) is 0 Å². The monoisotopic (exact) mass is 379 g/mol. The topological polar surface area (TPSA) is 70.2 Å². The van der Waals surface area contributed by atoms with E-state index in [0.29, 0.717) is 17.8 Å². The van der Waals surface area contributed by atoms with Crippen molar-refractivity contribution in [1.82, 2.24) is 0 Å². The molecule has 5 nitrogen and oxygen atoms in total. The van der Waals surface area contributed by atoms with E-state index in [1.54, 1.807) is 24.3 Å². The zero-order valence-electron chi connectivity index (χ0n) is 14.7. The van der Waals surface area contributed by atoms with Gasteiger partial charge in [-0.2, -0.15) is 13.2 Å². The van der Waals surface area contributed by atoms with Crippen LogP contribution in [0.15, 0.2) is 48.5 Å². The van der Waals surface area contributed by atoms with E-state index in [2.05, 4.69) is 16.0 Å². The molecular formula is C19H20F3N3O2. The fourth-order valence-corrected chi connectivity index (χ4v) is 2.28. The van der Waals surface area contributed by atoms with Crippen LogP contribution in [-0.2, 0) is 15.8 Å². The molecule has 0 spiro atoms. The minimum Gasteiger partial charge on any atom is -0.376 e. The van der Waals surface area contributed by atoms with Crippen molar-refractivity contribution < 1.29 is 22.8 Å². The summed E-state index contributed by atoms with van der Waals surface area (Å²) in [6, 6.07) is 11.2. The number of carbonyl (C=O) groups is 2. The van der Waals surface area contributed by atoms with Crippen molar-refractivity contribution in [3.05, 3.63) is 54.1 Å². The van der Waals surface area contributed by atoms with Crippen LogP contribution in [0.4, 0.5) is 30.2 Å². The highest BCUT2D eigenvalue weighted by atomic mass is 19.4. The average Bonchev–Trinajstić information content (AvgIpc) is 2.61. The van der Waals surface area contributed by atoms with Crippen molar-refractivity contribution in [3.63, 3.8) is 0 Å². The summed E-state index contributed by atoms with van der Waals surface area (Å²) in [6.45, 7) is 1.72. The molecule has 2 rings (SSSR count). The van der Waals surface area contributed by atoms with E-state index in [0.717, 1.165) is 18.6 Å². The first-order valence-corrected chi connectivity index (χ1v) is 8.39. The van der Waals surface area contributed by atoms with Gasteiger partial charge in [-0.25, -0.2) is 0 Å². The van der Waals surface area contributed by atoms with Gasteiger partial charge in [0.2, 0.25) is 11.8 Å². The smallest absolute Gasteiger partial charge is 0.376 e. The molecule has 0 bridgehead atoms. The maximum absolute atomic E-state index is 12.7. The van der Waals surface area contributed by atoms with Gasteiger partial charge in [-0.1, -0.05) is 13.0 Å². The van der Waals surface area contributed by atoms with E-state index in [4.69, 9.17) is 0 Å². The van der Waals surface area contributed by atoms with Crippen molar-refractivity contribution in [2.45, 2.75) is 25.9 Å². The minimum atomic E-state index is -4.44. The Kier molecular flexibility index (Phi) is 6.81. The third-order valence-electron chi connectivity index (χ3n) is 3.57. The maximum Gasteiger partial charge on any atom is 0.416 e. The Morgan fingerprint density at radius 1 is 0.889 bits per heavy atom. The maximum atomic E-state index is 12.7. The Labute approximate surface area is 155 Å². The van der Waals surface area contributed by atoms with E-state index in [-0.39, 0.29) is 18.1 Å². The number of anilines is 3. The molecule has 0 unspecified atom stereocenters. The quantitative estimate of drug-likeness (QED) is 0.664. The van der Waals surface area contributed by atoms with Crippen molar-refractivity contribution in [2.75, 3.05) is 22.5 Å². The fraction of sp³-hybridized carbons (Fsp3) is 0.263. The lowest BCUT2D eigenvalue weighted by Gasteiger charge is -2.11. The SMILES string of the molecule is CCCC(=O)Nc1ccc(NC(=O)CNc2cccc(C(F)(F)F)c2)cc1. The summed E-state index contributed by atoms with van der Waals surface area (Å²) >= 11 is 0. The second-order valence-corrected chi connectivity index (χ2v) is 5.86. The lowest BCUT2D eigenvalue weighted by atomic mass is 10.2. The van der Waals surface area contributed by atoms with Crippen molar-refractivity contribution in [1.29, 1.82) is 0 Å². The Morgan fingerprint density at radius 2 is 1.48 bits per heavy atom. The zero-order valence-corrected chi connectivity index (χ0v) is 14.7. The van der Waals surface area contributed by atoms with Crippen LogP contribution in [0.2, 0.25) is 0 Å². The average molecular weight is 379 g/mol. The van der Waals surface area contributed by atoms with E-state index in [1.165, 1.54) is 12.1 Å². The van der Waals surface area contributed by atoms with Gasteiger partial charge in [-0.3, -0.25) is 9.59 Å². The number of nitrogens with one attached hydrogen (secondary N) is 3. The number of amides is 2. The second kappa shape index (κ2) is 9.07. The second-order valence-electron chi connectivity index (χ2n) is 5.86. The molecule has 0 aromatic heterocycles. The molecule has 8 heteroatoms. The summed E-state index contributed by atoms with van der Waals surface area (Å²) in [5.74, 6) is -0.491. The van der Waals surface area contributed by atoms with E-state index in [1.807, 2.05) is 6.92 Å². The molecule has 0 aliphatic heterocycles. The molecule has 0 radical (unpaired) electrons. The van der Waals surface area contributed by atoms with Crippen LogP contribution >= 0.6 is 0 Å². The van der Waals surface area contributed by atoms with Crippen LogP contribution in [0.1, 0.15) is 25.3 Å². The lowest BCUT2D eigenvalue weighted by Crippen LogP contribution is -2.22. The van der Waals surface area contributed by atoms with Gasteiger partial charge >= 0.3 is 6.18 Å². The Bertz CT molecular complexity index is 790. The Hall–Kier alpha value is -3.03. The normalized spacial score (nSPS) is 11.0. The van der Waals surface area contributed by atoms with E-state index < -0.39 is 17.6 Å². The van der Waals surface area contributed by atoms with Gasteiger partial charge in [0, 0.05) is 23.5 Å². The summed E-state index contributed by atoms with van der Waals surface area (Å²) in [4.78, 5) is 23.5. The first-order valence-electron chi connectivity index (χ1n) is 8.39. The largest absolute Gasteiger partial charge is 0.416 e. The number of hydrogen-bond donors (Lipinski definition) is 3. The van der Waals surface area contributed by atoms with Gasteiger partial charge in [-0.05, 0) is 48.9 Å². The van der Waals surface area contributed by atoms with Crippen molar-refractivity contribution in [3.8, 4) is 0 Å². The molecular weight excluding hydrogens is 359 g/mol. The summed E-state index contributed by atoms with van der Waals surface area (Å²) in [5, 5.41) is 8.02. The summed E-state index contributed by atoms with van der Waals surface area (Å²) < 4.78 is 38.0. The summed E-state index contributed by atoms with van der Waals surface area (Å²) in [7, 11) is 0. The molecule has 0 aliphatic carbocycles. The van der Waals surface area contributed by atoms with Gasteiger partial charge in [0.15, 0.2) is 0 Å². The molecule has 0 atom stereocenters. The van der Waals surface area contributed by atoms with Gasteiger partial charge in [0.05, 0.1) is 12.1 Å². The molecule has 3 N–H and O–H groups in total. The summed E-state index contributed by atoms with van der Waals surface area (Å²) in [6.07, 6.45) is -3.26. The number of halogens is 3. The molecule has 0 saturated heterocycles. The highest BCUT2D eigenvalue weighted by molar-refractivity contribution is 5.94. The lowest BCUT2D eigenvalue weighted by molar-refractivity contribution is -0.137. The fourth-order valence-electron chi connectivity index (χ4n) is 2.28. The molecule has 144 valence electrons. The number of carbonyl (C=O) groups excluding carboxylic acids is 2. The third kappa shape index (κ3) is 6.65. The first-order chi connectivity index (χ1) is 12.8. The molecule has 2 amide bonds. The molecule has 2 aromatic rings. The van der Waals surface area contributed by atoms with Crippen molar-refractivity contribution >= 4 is 28.9 Å². The molecule has 2 aromatic carbocycles. The van der Waals surface area contributed by atoms with Crippen molar-refractivity contribution in [2.24, 2.45) is 0 Å². The number of benzene rings is 2. The van der Waals surface area contributed by atoms with Crippen LogP contribution < -0.4 is 16.0 Å². The number of alkyl halides is 3. The summed E-state index contributed by atoms with van der Waals surface area (Å²) in [5.41, 5.74) is 0.551. The highest BCUT2D eigenvalue weighted by Crippen LogP contribution is 2.30. The van der Waals surface area contributed by atoms with Crippen LogP contribution in [0.25, 0.3) is 0 Å². The highest BCUT2D eigenvalue weighted by Gasteiger charge is 2.30. The van der Waals surface area contributed by atoms with Crippen LogP contribution in [-0.4, -0.2) is 18.4 Å². The zero-order chi connectivity index (χ0) is 19.9. The predicted octanol–water partition coefficient (Wildman–Crippen LogP) is 4.49. The molecule has 27 heavy (non-hydrogen) atoms. The van der Waals surface area contributed by atoms with Gasteiger partial charge in [0.25, 0.3) is 0 Å². The minimum absolute atomic E-state index is 0.0837. The Balaban J connectivity index is 1.86. The molecule has 0 aliphatic rings. The number of rotatable bonds is 7. The van der Waals surface area contributed by atoms with Gasteiger partial charge < -0.3 is 16.0 Å². The van der Waals surface area contributed by atoms with Gasteiger partial charge in [0.1, 0.15) is 0 Å². The molecule has 0 heterocycles. The molecule has 0 saturated carbocycles. The predicted molar refractivity (Wildman–Crippen MR) is 98.5 cm³/mol. The first kappa shape index (κ1) is 20.3. The third-order valence-corrected chi connectivity index (χ3v) is 3.57. The van der Waals surface area contributed by atoms with Crippen LogP contribution in [0.5, 0.6) is 0 Å². The standard InChI is InChI=1S/C19H20F3N3O2/c1-2-4-17(26)24-14-7-9-15(10-8-14)25-18(27)12-23-16-6-3-5-13(11-16)19(20,21)22/h3,5-11,23H,2,4,12H2,1H3,(H,24,26)(H,25,27). The van der Waals surface area contributed by atoms with E-state index >= 15 is 0 Å². The molecule has 0 fully saturated rings. The van der Waals surface area contributed by atoms with Crippen LogP contribution in [0, 0.1) is 0 Å². The number of hydrogen-bond acceptors (Lipinski definition) is 3. The van der Waals surface area contributed by atoms with E-state index in [9.17, 15) is 22.8 Å². The van der Waals surface area contributed by atoms with Crippen LogP contribution in [0.3, 0.4) is 0 Å².